The largest absolute Gasteiger partial charge is 0.393 e. The summed E-state index contributed by atoms with van der Waals surface area (Å²) in [6.45, 7) is 16.2. The molecule has 4 fully saturated rings. The topological polar surface area (TPSA) is 60.7 Å². The van der Waals surface area contributed by atoms with Gasteiger partial charge in [-0.3, -0.25) is 0 Å². The van der Waals surface area contributed by atoms with Crippen molar-refractivity contribution in [3.63, 3.8) is 0 Å². The zero-order valence-corrected chi connectivity index (χ0v) is 21.4. The van der Waals surface area contributed by atoms with Gasteiger partial charge >= 0.3 is 0 Å². The zero-order chi connectivity index (χ0) is 23.5. The summed E-state index contributed by atoms with van der Waals surface area (Å²) in [5.74, 6) is 3.75. The SMILES string of the molecule is C=C(CCC(C)C1CCC2C3CC(O)C4(O)CC(O)CCC4(C)C3CCC12C)C(C)CC. The van der Waals surface area contributed by atoms with Crippen LogP contribution in [-0.4, -0.2) is 33.1 Å². The van der Waals surface area contributed by atoms with Crippen molar-refractivity contribution in [3.05, 3.63) is 12.2 Å². The Balaban J connectivity index is 1.51. The highest BCUT2D eigenvalue weighted by Crippen LogP contribution is 2.69. The fourth-order valence-corrected chi connectivity index (χ4v) is 9.39. The van der Waals surface area contributed by atoms with Crippen LogP contribution in [0.5, 0.6) is 0 Å². The van der Waals surface area contributed by atoms with E-state index < -0.39 is 17.8 Å². The van der Waals surface area contributed by atoms with Gasteiger partial charge in [0.15, 0.2) is 0 Å². The van der Waals surface area contributed by atoms with E-state index in [1.54, 1.807) is 0 Å². The highest BCUT2D eigenvalue weighted by molar-refractivity contribution is 5.17. The molecule has 0 aliphatic heterocycles. The maximum absolute atomic E-state index is 11.6. The van der Waals surface area contributed by atoms with E-state index in [1.165, 1.54) is 44.1 Å². The molecule has 4 saturated carbocycles. The number of allylic oxidation sites excluding steroid dienone is 1. The summed E-state index contributed by atoms with van der Waals surface area (Å²) in [6.07, 6.45) is 10.1. The monoisotopic (exact) mass is 446 g/mol. The van der Waals surface area contributed by atoms with E-state index in [1.807, 2.05) is 0 Å². The molecule has 0 bridgehead atoms. The molecule has 11 unspecified atom stereocenters. The summed E-state index contributed by atoms with van der Waals surface area (Å²) in [5, 5.41) is 33.1. The van der Waals surface area contributed by atoms with Gasteiger partial charge in [0.1, 0.15) is 0 Å². The first-order valence-electron chi connectivity index (χ1n) is 13.7. The van der Waals surface area contributed by atoms with Crippen molar-refractivity contribution in [3.8, 4) is 0 Å². The molecule has 0 spiro atoms. The van der Waals surface area contributed by atoms with Crippen LogP contribution in [0.15, 0.2) is 12.2 Å². The van der Waals surface area contributed by atoms with Crippen molar-refractivity contribution in [1.82, 2.24) is 0 Å². The minimum atomic E-state index is -1.12. The van der Waals surface area contributed by atoms with Crippen LogP contribution in [0.2, 0.25) is 0 Å². The first-order valence-corrected chi connectivity index (χ1v) is 13.7. The average Bonchev–Trinajstić information content (AvgIpc) is 3.11. The van der Waals surface area contributed by atoms with Crippen LogP contribution in [0, 0.1) is 46.3 Å². The van der Waals surface area contributed by atoms with E-state index in [-0.39, 0.29) is 5.41 Å². The summed E-state index contributed by atoms with van der Waals surface area (Å²) in [6, 6.07) is 0. The molecule has 3 nitrogen and oxygen atoms in total. The van der Waals surface area contributed by atoms with Gasteiger partial charge in [-0.15, -0.1) is 0 Å². The van der Waals surface area contributed by atoms with Crippen LogP contribution in [0.1, 0.15) is 105 Å². The van der Waals surface area contributed by atoms with Gasteiger partial charge in [-0.1, -0.05) is 46.8 Å². The molecule has 3 heteroatoms. The molecule has 3 N–H and O–H groups in total. The number of rotatable bonds is 6. The smallest absolute Gasteiger partial charge is 0.0985 e. The maximum Gasteiger partial charge on any atom is 0.0985 e. The summed E-state index contributed by atoms with van der Waals surface area (Å²) < 4.78 is 0. The Bertz CT molecular complexity index is 705. The van der Waals surface area contributed by atoms with E-state index in [9.17, 15) is 15.3 Å². The van der Waals surface area contributed by atoms with E-state index in [2.05, 4.69) is 41.2 Å². The fraction of sp³-hybridized carbons (Fsp3) is 0.931. The molecule has 11 atom stereocenters. The maximum atomic E-state index is 11.6. The van der Waals surface area contributed by atoms with Gasteiger partial charge < -0.3 is 15.3 Å². The van der Waals surface area contributed by atoms with Crippen LogP contribution in [-0.2, 0) is 0 Å². The molecular weight excluding hydrogens is 396 g/mol. The molecular formula is C29H50O3. The predicted octanol–water partition coefficient (Wildman–Crippen LogP) is 6.11. The van der Waals surface area contributed by atoms with E-state index in [4.69, 9.17) is 0 Å². The molecule has 0 radical (unpaired) electrons. The van der Waals surface area contributed by atoms with Gasteiger partial charge in [0.25, 0.3) is 0 Å². The van der Waals surface area contributed by atoms with Gasteiger partial charge in [0.2, 0.25) is 0 Å². The van der Waals surface area contributed by atoms with Gasteiger partial charge in [0, 0.05) is 11.8 Å². The molecule has 0 amide bonds. The molecule has 184 valence electrons. The van der Waals surface area contributed by atoms with Gasteiger partial charge in [0.05, 0.1) is 17.8 Å². The van der Waals surface area contributed by atoms with Crippen LogP contribution in [0.3, 0.4) is 0 Å². The third kappa shape index (κ3) is 3.64. The second kappa shape index (κ2) is 8.68. The second-order valence-electron chi connectivity index (χ2n) is 13.1. The standard InChI is InChI=1S/C29H50O3/c1-7-18(2)19(3)8-9-20(4)23-10-11-24-22-16-26(31)29(32)17-21(30)12-15-28(29,6)25(22)13-14-27(23,24)5/h18,20-26,30-32H,3,7-17H2,1-2,4-6H3. The first-order chi connectivity index (χ1) is 15.0. The molecule has 32 heavy (non-hydrogen) atoms. The molecule has 0 aromatic heterocycles. The number of hydrogen-bond acceptors (Lipinski definition) is 3. The van der Waals surface area contributed by atoms with Gasteiger partial charge in [-0.25, -0.2) is 0 Å². The quantitative estimate of drug-likeness (QED) is 0.431. The lowest BCUT2D eigenvalue weighted by Crippen LogP contribution is -2.68. The Hall–Kier alpha value is -0.380. The predicted molar refractivity (Wildman–Crippen MR) is 131 cm³/mol. The number of fused-ring (bicyclic) bond motifs is 5. The highest BCUT2D eigenvalue weighted by Gasteiger charge is 2.67. The Morgan fingerprint density at radius 3 is 2.44 bits per heavy atom. The van der Waals surface area contributed by atoms with Crippen LogP contribution in [0.25, 0.3) is 0 Å². The van der Waals surface area contributed by atoms with Crippen molar-refractivity contribution >= 4 is 0 Å². The summed E-state index contributed by atoms with van der Waals surface area (Å²) >= 11 is 0. The van der Waals surface area contributed by atoms with Crippen LogP contribution < -0.4 is 0 Å². The Kier molecular flexibility index (Phi) is 6.71. The fourth-order valence-electron chi connectivity index (χ4n) is 9.39. The molecule has 4 aliphatic rings. The molecule has 0 aromatic carbocycles. The van der Waals surface area contributed by atoms with Crippen molar-refractivity contribution in [2.45, 2.75) is 123 Å². The van der Waals surface area contributed by atoms with Crippen LogP contribution in [0.4, 0.5) is 0 Å². The lowest BCUT2D eigenvalue weighted by molar-refractivity contribution is -0.264. The van der Waals surface area contributed by atoms with Gasteiger partial charge in [-0.2, -0.15) is 0 Å². The second-order valence-corrected chi connectivity index (χ2v) is 13.1. The summed E-state index contributed by atoms with van der Waals surface area (Å²) in [4.78, 5) is 0. The van der Waals surface area contributed by atoms with Crippen molar-refractivity contribution < 1.29 is 15.3 Å². The molecule has 0 saturated heterocycles. The molecule has 4 rings (SSSR count). The number of aliphatic hydroxyl groups excluding tert-OH is 2. The van der Waals surface area contributed by atoms with Crippen molar-refractivity contribution in [1.29, 1.82) is 0 Å². The van der Waals surface area contributed by atoms with Gasteiger partial charge in [-0.05, 0) is 105 Å². The van der Waals surface area contributed by atoms with Crippen molar-refractivity contribution in [2.24, 2.45) is 46.3 Å². The van der Waals surface area contributed by atoms with E-state index in [0.29, 0.717) is 41.4 Å². The third-order valence-electron chi connectivity index (χ3n) is 11.8. The Labute approximate surface area is 197 Å². The molecule has 0 aromatic rings. The lowest BCUT2D eigenvalue weighted by Gasteiger charge is -2.65. The zero-order valence-electron chi connectivity index (χ0n) is 21.4. The van der Waals surface area contributed by atoms with E-state index >= 15 is 0 Å². The number of hydrogen-bond donors (Lipinski definition) is 3. The minimum absolute atomic E-state index is 0.270. The van der Waals surface area contributed by atoms with Crippen molar-refractivity contribution in [2.75, 3.05) is 0 Å². The highest BCUT2D eigenvalue weighted by atomic mass is 16.3. The average molecular weight is 447 g/mol. The molecule has 0 heterocycles. The Morgan fingerprint density at radius 2 is 1.75 bits per heavy atom. The Morgan fingerprint density at radius 1 is 1.03 bits per heavy atom. The minimum Gasteiger partial charge on any atom is -0.393 e. The first kappa shape index (κ1) is 24.7. The molecule has 4 aliphatic carbocycles. The number of aliphatic hydroxyl groups is 3. The van der Waals surface area contributed by atoms with Crippen LogP contribution >= 0.6 is 0 Å². The summed E-state index contributed by atoms with van der Waals surface area (Å²) in [5.41, 5.74) is 0.386. The normalized spacial score (nSPS) is 50.1. The summed E-state index contributed by atoms with van der Waals surface area (Å²) in [7, 11) is 0. The van der Waals surface area contributed by atoms with E-state index in [0.717, 1.165) is 31.6 Å². The third-order valence-corrected chi connectivity index (χ3v) is 11.8. The lowest BCUT2D eigenvalue weighted by atomic mass is 9.42.